The van der Waals surface area contributed by atoms with E-state index in [1.165, 1.54) is 18.2 Å². The Morgan fingerprint density at radius 3 is 2.56 bits per heavy atom. The minimum atomic E-state index is -0.524. The molecule has 1 aromatic rings. The van der Waals surface area contributed by atoms with Crippen LogP contribution in [-0.4, -0.2) is 28.8 Å². The predicted molar refractivity (Wildman–Crippen MR) is 67.9 cm³/mol. The molecule has 5 nitrogen and oxygen atoms in total. The summed E-state index contributed by atoms with van der Waals surface area (Å²) in [6.07, 6.45) is 3.06. The number of piperidine rings is 1. The van der Waals surface area contributed by atoms with Crippen molar-refractivity contribution in [3.63, 3.8) is 0 Å². The van der Waals surface area contributed by atoms with E-state index >= 15 is 0 Å². The Labute approximate surface area is 109 Å². The van der Waals surface area contributed by atoms with Crippen LogP contribution in [-0.2, 0) is 0 Å². The average Bonchev–Trinajstić information content (AvgIpc) is 2.39. The molecule has 0 radical (unpaired) electrons. The molecule has 6 heteroatoms. The molecule has 1 fully saturated rings. The molecule has 0 spiro atoms. The summed E-state index contributed by atoms with van der Waals surface area (Å²) in [6, 6.07) is 3.95. The van der Waals surface area contributed by atoms with E-state index in [1.54, 1.807) is 4.90 Å². The van der Waals surface area contributed by atoms with Crippen LogP contribution in [0.1, 0.15) is 29.6 Å². The van der Waals surface area contributed by atoms with Gasteiger partial charge in [-0.1, -0.05) is 11.6 Å². The van der Waals surface area contributed by atoms with E-state index in [-0.39, 0.29) is 22.2 Å². The number of nitro benzene ring substituents is 1. The zero-order valence-corrected chi connectivity index (χ0v) is 10.5. The number of hydrogen-bond acceptors (Lipinski definition) is 3. The first kappa shape index (κ1) is 12.8. The first-order valence-corrected chi connectivity index (χ1v) is 6.20. The molecule has 1 heterocycles. The Morgan fingerprint density at radius 1 is 1.28 bits per heavy atom. The largest absolute Gasteiger partial charge is 0.339 e. The van der Waals surface area contributed by atoms with Crippen molar-refractivity contribution >= 4 is 23.2 Å². The van der Waals surface area contributed by atoms with E-state index < -0.39 is 4.92 Å². The number of amides is 1. The smallest absolute Gasteiger partial charge is 0.270 e. The summed E-state index contributed by atoms with van der Waals surface area (Å²) in [7, 11) is 0. The summed E-state index contributed by atoms with van der Waals surface area (Å²) in [5.74, 6) is -0.219. The molecule has 1 aromatic carbocycles. The second kappa shape index (κ2) is 5.35. The maximum Gasteiger partial charge on any atom is 0.270 e. The lowest BCUT2D eigenvalue weighted by atomic mass is 10.1. The van der Waals surface area contributed by atoms with Gasteiger partial charge in [0.2, 0.25) is 0 Å². The number of carbonyl (C=O) groups is 1. The van der Waals surface area contributed by atoms with Crippen LogP contribution in [0, 0.1) is 10.1 Å². The fourth-order valence-corrected chi connectivity index (χ4v) is 2.26. The lowest BCUT2D eigenvalue weighted by molar-refractivity contribution is -0.384. The molecular formula is C12H13ClN2O3. The number of hydrogen-bond donors (Lipinski definition) is 0. The minimum absolute atomic E-state index is 0.111. The number of nitrogens with zero attached hydrogens (tertiary/aromatic N) is 2. The van der Waals surface area contributed by atoms with E-state index in [2.05, 4.69) is 0 Å². The number of carbonyl (C=O) groups excluding carboxylic acids is 1. The molecule has 0 aromatic heterocycles. The molecule has 1 amide bonds. The van der Waals surface area contributed by atoms with Crippen molar-refractivity contribution in [2.24, 2.45) is 0 Å². The van der Waals surface area contributed by atoms with Gasteiger partial charge in [0.05, 0.1) is 15.5 Å². The highest BCUT2D eigenvalue weighted by Gasteiger charge is 2.22. The molecule has 2 rings (SSSR count). The lowest BCUT2D eigenvalue weighted by Crippen LogP contribution is -2.35. The fourth-order valence-electron chi connectivity index (χ4n) is 2.06. The molecule has 0 N–H and O–H groups in total. The SMILES string of the molecule is O=C(c1cc([N+](=O)[O-])ccc1Cl)N1CCCCC1. The van der Waals surface area contributed by atoms with Gasteiger partial charge in [0.15, 0.2) is 0 Å². The lowest BCUT2D eigenvalue weighted by Gasteiger charge is -2.26. The van der Waals surface area contributed by atoms with Gasteiger partial charge in [0.1, 0.15) is 0 Å². The van der Waals surface area contributed by atoms with Gasteiger partial charge >= 0.3 is 0 Å². The van der Waals surface area contributed by atoms with Crippen molar-refractivity contribution in [1.82, 2.24) is 4.90 Å². The number of non-ortho nitro benzene ring substituents is 1. The number of halogens is 1. The summed E-state index contributed by atoms with van der Waals surface area (Å²) in [5.41, 5.74) is 0.104. The number of nitro groups is 1. The Bertz CT molecular complexity index is 484. The maximum atomic E-state index is 12.2. The Hall–Kier alpha value is -1.62. The molecule has 1 saturated heterocycles. The molecule has 0 unspecified atom stereocenters. The van der Waals surface area contributed by atoms with Crippen molar-refractivity contribution in [3.05, 3.63) is 38.9 Å². The van der Waals surface area contributed by atoms with E-state index in [4.69, 9.17) is 11.6 Å². The summed E-state index contributed by atoms with van der Waals surface area (Å²) >= 11 is 5.94. The third-order valence-corrected chi connectivity index (χ3v) is 3.36. The van der Waals surface area contributed by atoms with Crippen LogP contribution < -0.4 is 0 Å². The van der Waals surface area contributed by atoms with Crippen LogP contribution in [0.2, 0.25) is 5.02 Å². The van der Waals surface area contributed by atoms with E-state index in [0.717, 1.165) is 19.3 Å². The number of benzene rings is 1. The number of rotatable bonds is 2. The van der Waals surface area contributed by atoms with Crippen LogP contribution in [0.4, 0.5) is 5.69 Å². The number of likely N-dealkylation sites (tertiary alicyclic amines) is 1. The third-order valence-electron chi connectivity index (χ3n) is 3.03. The summed E-state index contributed by atoms with van der Waals surface area (Å²) in [6.45, 7) is 1.38. The fraction of sp³-hybridized carbons (Fsp3) is 0.417. The van der Waals surface area contributed by atoms with E-state index in [9.17, 15) is 14.9 Å². The molecule has 18 heavy (non-hydrogen) atoms. The summed E-state index contributed by atoms with van der Waals surface area (Å²) in [5, 5.41) is 11.0. The van der Waals surface area contributed by atoms with Gasteiger partial charge < -0.3 is 4.90 Å². The molecule has 0 aliphatic carbocycles. The van der Waals surface area contributed by atoms with Crippen LogP contribution >= 0.6 is 11.6 Å². The quantitative estimate of drug-likeness (QED) is 0.612. The van der Waals surface area contributed by atoms with Gasteiger partial charge in [0.25, 0.3) is 11.6 Å². The zero-order chi connectivity index (χ0) is 13.1. The van der Waals surface area contributed by atoms with Crippen molar-refractivity contribution in [2.75, 3.05) is 13.1 Å². The van der Waals surface area contributed by atoms with Crippen LogP contribution in [0.5, 0.6) is 0 Å². The van der Waals surface area contributed by atoms with Gasteiger partial charge in [-0.05, 0) is 25.3 Å². The van der Waals surface area contributed by atoms with Gasteiger partial charge in [0, 0.05) is 25.2 Å². The average molecular weight is 269 g/mol. The van der Waals surface area contributed by atoms with Gasteiger partial charge in [-0.15, -0.1) is 0 Å². The second-order valence-electron chi connectivity index (χ2n) is 4.27. The summed E-state index contributed by atoms with van der Waals surface area (Å²) in [4.78, 5) is 24.1. The van der Waals surface area contributed by atoms with E-state index in [0.29, 0.717) is 13.1 Å². The second-order valence-corrected chi connectivity index (χ2v) is 4.68. The first-order chi connectivity index (χ1) is 8.59. The highest BCUT2D eigenvalue weighted by Crippen LogP contribution is 2.24. The first-order valence-electron chi connectivity index (χ1n) is 5.83. The van der Waals surface area contributed by atoms with Gasteiger partial charge in [-0.3, -0.25) is 14.9 Å². The maximum absolute atomic E-state index is 12.2. The molecule has 0 saturated carbocycles. The summed E-state index contributed by atoms with van der Waals surface area (Å²) < 4.78 is 0. The normalized spacial score (nSPS) is 15.5. The van der Waals surface area contributed by atoms with Gasteiger partial charge in [-0.2, -0.15) is 0 Å². The third kappa shape index (κ3) is 2.61. The minimum Gasteiger partial charge on any atom is -0.339 e. The molecule has 0 atom stereocenters. The van der Waals surface area contributed by atoms with Crippen LogP contribution in [0.3, 0.4) is 0 Å². The molecule has 96 valence electrons. The molecule has 1 aliphatic rings. The highest BCUT2D eigenvalue weighted by molar-refractivity contribution is 6.33. The topological polar surface area (TPSA) is 63.4 Å². The predicted octanol–water partition coefficient (Wildman–Crippen LogP) is 2.87. The Morgan fingerprint density at radius 2 is 1.94 bits per heavy atom. The van der Waals surface area contributed by atoms with Crippen LogP contribution in [0.15, 0.2) is 18.2 Å². The zero-order valence-electron chi connectivity index (χ0n) is 9.76. The molecular weight excluding hydrogens is 256 g/mol. The van der Waals surface area contributed by atoms with Crippen LogP contribution in [0.25, 0.3) is 0 Å². The van der Waals surface area contributed by atoms with Crippen molar-refractivity contribution in [2.45, 2.75) is 19.3 Å². The highest BCUT2D eigenvalue weighted by atomic mass is 35.5. The van der Waals surface area contributed by atoms with Crippen molar-refractivity contribution in [1.29, 1.82) is 0 Å². The molecule has 1 aliphatic heterocycles. The van der Waals surface area contributed by atoms with Crippen molar-refractivity contribution < 1.29 is 9.72 Å². The van der Waals surface area contributed by atoms with E-state index in [1.807, 2.05) is 0 Å². The Kier molecular flexibility index (Phi) is 3.81. The Balaban J connectivity index is 2.28. The molecule has 0 bridgehead atoms. The monoisotopic (exact) mass is 268 g/mol. The standard InChI is InChI=1S/C12H13ClN2O3/c13-11-5-4-9(15(17)18)8-10(11)12(16)14-6-2-1-3-7-14/h4-5,8H,1-3,6-7H2. The van der Waals surface area contributed by atoms with Crippen molar-refractivity contribution in [3.8, 4) is 0 Å². The van der Waals surface area contributed by atoms with Gasteiger partial charge in [-0.25, -0.2) is 0 Å².